The summed E-state index contributed by atoms with van der Waals surface area (Å²) in [6.07, 6.45) is 2.70. The van der Waals surface area contributed by atoms with Crippen LogP contribution in [0.15, 0.2) is 30.5 Å². The van der Waals surface area contributed by atoms with E-state index >= 15 is 0 Å². The number of sulfone groups is 1. The highest BCUT2D eigenvalue weighted by Crippen LogP contribution is 2.18. The number of nitrogens with one attached hydrogen (secondary N) is 1. The number of rotatable bonds is 7. The second-order valence-electron chi connectivity index (χ2n) is 5.02. The van der Waals surface area contributed by atoms with Crippen LogP contribution in [-0.2, 0) is 22.9 Å². The molecule has 2 aromatic rings. The molecule has 0 amide bonds. The molecule has 5 heteroatoms. The zero-order chi connectivity index (χ0) is 14.6. The van der Waals surface area contributed by atoms with E-state index in [-0.39, 0.29) is 11.5 Å². The first kappa shape index (κ1) is 15.1. The summed E-state index contributed by atoms with van der Waals surface area (Å²) < 4.78 is 25.1. The van der Waals surface area contributed by atoms with E-state index in [1.807, 2.05) is 13.2 Å². The van der Waals surface area contributed by atoms with Crippen LogP contribution in [0.4, 0.5) is 0 Å². The normalized spacial score (nSPS) is 12.1. The first-order chi connectivity index (χ1) is 9.55. The number of aromatic nitrogens is 1. The van der Waals surface area contributed by atoms with E-state index in [4.69, 9.17) is 0 Å². The Morgan fingerprint density at radius 1 is 1.25 bits per heavy atom. The van der Waals surface area contributed by atoms with E-state index in [2.05, 4.69) is 34.1 Å². The number of aryl methyl sites for hydroxylation is 1. The molecule has 110 valence electrons. The summed E-state index contributed by atoms with van der Waals surface area (Å²) in [5.74, 6) is 0.494. The topological polar surface area (TPSA) is 51.1 Å². The molecule has 20 heavy (non-hydrogen) atoms. The van der Waals surface area contributed by atoms with Crippen molar-refractivity contribution in [3.63, 3.8) is 0 Å². The fourth-order valence-electron chi connectivity index (χ4n) is 2.36. The Morgan fingerprint density at radius 2 is 2.05 bits per heavy atom. The SMILES string of the molecule is CCS(=O)(=O)CCCn1ccc2cc(CNC)ccc21. The first-order valence-corrected chi connectivity index (χ1v) is 8.80. The summed E-state index contributed by atoms with van der Waals surface area (Å²) in [7, 11) is -0.928. The lowest BCUT2D eigenvalue weighted by Gasteiger charge is -2.06. The van der Waals surface area contributed by atoms with Gasteiger partial charge < -0.3 is 9.88 Å². The molecule has 0 saturated heterocycles. The van der Waals surface area contributed by atoms with Gasteiger partial charge >= 0.3 is 0 Å². The molecule has 1 N–H and O–H groups in total. The van der Waals surface area contributed by atoms with Crippen LogP contribution in [0.3, 0.4) is 0 Å². The molecule has 0 radical (unpaired) electrons. The standard InChI is InChI=1S/C15H22N2O2S/c1-3-20(18,19)10-4-8-17-9-7-14-11-13(12-16-2)5-6-15(14)17/h5-7,9,11,16H,3-4,8,10,12H2,1-2H3. The molecule has 4 nitrogen and oxygen atoms in total. The Morgan fingerprint density at radius 3 is 2.75 bits per heavy atom. The summed E-state index contributed by atoms with van der Waals surface area (Å²) in [6, 6.07) is 8.47. The van der Waals surface area contributed by atoms with Gasteiger partial charge in [0.15, 0.2) is 0 Å². The molecule has 0 aliphatic heterocycles. The van der Waals surface area contributed by atoms with Gasteiger partial charge in [-0.25, -0.2) is 8.42 Å². The van der Waals surface area contributed by atoms with Crippen molar-refractivity contribution in [3.05, 3.63) is 36.0 Å². The van der Waals surface area contributed by atoms with E-state index in [1.54, 1.807) is 6.92 Å². The Bertz CT molecular complexity index is 674. The van der Waals surface area contributed by atoms with Crippen LogP contribution in [0, 0.1) is 0 Å². The maximum Gasteiger partial charge on any atom is 0.150 e. The van der Waals surface area contributed by atoms with Crippen molar-refractivity contribution < 1.29 is 8.42 Å². The van der Waals surface area contributed by atoms with Gasteiger partial charge in [-0.3, -0.25) is 0 Å². The Balaban J connectivity index is 2.08. The predicted octanol–water partition coefficient (Wildman–Crippen LogP) is 2.19. The molecule has 0 bridgehead atoms. The minimum atomic E-state index is -2.86. The number of fused-ring (bicyclic) bond motifs is 1. The molecule has 0 unspecified atom stereocenters. The lowest BCUT2D eigenvalue weighted by atomic mass is 10.1. The highest BCUT2D eigenvalue weighted by atomic mass is 32.2. The van der Waals surface area contributed by atoms with E-state index in [1.165, 1.54) is 16.5 Å². The van der Waals surface area contributed by atoms with Crippen molar-refractivity contribution in [1.29, 1.82) is 0 Å². The molecule has 2 rings (SSSR count). The Kier molecular flexibility index (Phi) is 4.83. The van der Waals surface area contributed by atoms with Crippen LogP contribution < -0.4 is 5.32 Å². The second kappa shape index (κ2) is 6.41. The van der Waals surface area contributed by atoms with E-state index < -0.39 is 9.84 Å². The summed E-state index contributed by atoms with van der Waals surface area (Å²) in [4.78, 5) is 0. The first-order valence-electron chi connectivity index (χ1n) is 6.98. The van der Waals surface area contributed by atoms with Crippen molar-refractivity contribution in [2.45, 2.75) is 26.4 Å². The highest BCUT2D eigenvalue weighted by Gasteiger charge is 2.08. The van der Waals surface area contributed by atoms with Crippen LogP contribution in [0.2, 0.25) is 0 Å². The smallest absolute Gasteiger partial charge is 0.150 e. The highest BCUT2D eigenvalue weighted by molar-refractivity contribution is 7.91. The molecule has 1 heterocycles. The van der Waals surface area contributed by atoms with Gasteiger partial charge in [0.1, 0.15) is 9.84 Å². The van der Waals surface area contributed by atoms with Gasteiger partial charge in [-0.1, -0.05) is 13.0 Å². The van der Waals surface area contributed by atoms with Gasteiger partial charge in [-0.15, -0.1) is 0 Å². The summed E-state index contributed by atoms with van der Waals surface area (Å²) in [6.45, 7) is 3.30. The lowest BCUT2D eigenvalue weighted by Crippen LogP contribution is -2.11. The van der Waals surface area contributed by atoms with Crippen molar-refractivity contribution >= 4 is 20.7 Å². The van der Waals surface area contributed by atoms with Crippen LogP contribution >= 0.6 is 0 Å². The molecule has 0 aliphatic rings. The maximum atomic E-state index is 11.5. The average molecular weight is 294 g/mol. The van der Waals surface area contributed by atoms with E-state index in [9.17, 15) is 8.42 Å². The second-order valence-corrected chi connectivity index (χ2v) is 7.50. The molecule has 0 spiro atoms. The van der Waals surface area contributed by atoms with Gasteiger partial charge in [-0.2, -0.15) is 0 Å². The molecular formula is C15H22N2O2S. The molecule has 0 aliphatic carbocycles. The average Bonchev–Trinajstić information content (AvgIpc) is 2.82. The maximum absolute atomic E-state index is 11.5. The van der Waals surface area contributed by atoms with Crippen molar-refractivity contribution in [2.75, 3.05) is 18.6 Å². The van der Waals surface area contributed by atoms with Gasteiger partial charge in [0.05, 0.1) is 5.75 Å². The van der Waals surface area contributed by atoms with Crippen LogP contribution in [-0.4, -0.2) is 31.5 Å². The molecule has 0 saturated carbocycles. The van der Waals surface area contributed by atoms with Crippen LogP contribution in [0.25, 0.3) is 10.9 Å². The van der Waals surface area contributed by atoms with Gasteiger partial charge in [0.25, 0.3) is 0 Å². The number of hydrogen-bond donors (Lipinski definition) is 1. The number of hydrogen-bond acceptors (Lipinski definition) is 3. The lowest BCUT2D eigenvalue weighted by molar-refractivity contribution is 0.589. The largest absolute Gasteiger partial charge is 0.347 e. The summed E-state index contributed by atoms with van der Waals surface area (Å²) in [5.41, 5.74) is 2.42. The Hall–Kier alpha value is -1.33. The number of benzene rings is 1. The zero-order valence-corrected chi connectivity index (χ0v) is 12.9. The van der Waals surface area contributed by atoms with Crippen molar-refractivity contribution in [1.82, 2.24) is 9.88 Å². The van der Waals surface area contributed by atoms with Crippen LogP contribution in [0.1, 0.15) is 18.9 Å². The fourth-order valence-corrected chi connectivity index (χ4v) is 3.22. The summed E-state index contributed by atoms with van der Waals surface area (Å²) >= 11 is 0. The minimum absolute atomic E-state index is 0.229. The van der Waals surface area contributed by atoms with E-state index in [0.717, 1.165) is 13.1 Å². The Labute approximate surface area is 120 Å². The quantitative estimate of drug-likeness (QED) is 0.851. The van der Waals surface area contributed by atoms with Gasteiger partial charge in [0, 0.05) is 30.6 Å². The predicted molar refractivity (Wildman–Crippen MR) is 83.6 cm³/mol. The molecular weight excluding hydrogens is 272 g/mol. The van der Waals surface area contributed by atoms with Gasteiger partial charge in [0.2, 0.25) is 0 Å². The molecule has 0 atom stereocenters. The third kappa shape index (κ3) is 3.61. The fraction of sp³-hybridized carbons (Fsp3) is 0.467. The monoisotopic (exact) mass is 294 g/mol. The third-order valence-electron chi connectivity index (χ3n) is 3.51. The van der Waals surface area contributed by atoms with Crippen LogP contribution in [0.5, 0.6) is 0 Å². The zero-order valence-electron chi connectivity index (χ0n) is 12.1. The van der Waals surface area contributed by atoms with Gasteiger partial charge in [-0.05, 0) is 42.6 Å². The molecule has 0 fully saturated rings. The third-order valence-corrected chi connectivity index (χ3v) is 5.30. The van der Waals surface area contributed by atoms with E-state index in [0.29, 0.717) is 6.42 Å². The molecule has 1 aromatic carbocycles. The summed E-state index contributed by atoms with van der Waals surface area (Å²) in [5, 5.41) is 4.34. The van der Waals surface area contributed by atoms with Crippen molar-refractivity contribution in [3.8, 4) is 0 Å². The molecule has 1 aromatic heterocycles. The number of nitrogens with zero attached hydrogens (tertiary/aromatic N) is 1. The van der Waals surface area contributed by atoms with Crippen molar-refractivity contribution in [2.24, 2.45) is 0 Å². The minimum Gasteiger partial charge on any atom is -0.347 e.